The van der Waals surface area contributed by atoms with Gasteiger partial charge in [0.15, 0.2) is 0 Å². The lowest BCUT2D eigenvalue weighted by Gasteiger charge is -2.25. The summed E-state index contributed by atoms with van der Waals surface area (Å²) in [6.45, 7) is 2.17. The first-order chi connectivity index (χ1) is 8.33. The number of aromatic amines is 1. The molecule has 0 bridgehead atoms. The highest BCUT2D eigenvalue weighted by atomic mass is 16.2. The maximum atomic E-state index is 11.6. The molecule has 3 N–H and O–H groups in total. The number of imidazole rings is 1. The predicted molar refractivity (Wildman–Crippen MR) is 64.3 cm³/mol. The molecule has 0 atom stereocenters. The molecule has 2 aromatic rings. The second kappa shape index (κ2) is 4.18. The Bertz CT molecular complexity index is 544. The molecule has 1 aliphatic rings. The summed E-state index contributed by atoms with van der Waals surface area (Å²) in [5.41, 5.74) is 3.03. The van der Waals surface area contributed by atoms with E-state index in [0.717, 1.165) is 29.7 Å². The molecule has 5 nitrogen and oxygen atoms in total. The lowest BCUT2D eigenvalue weighted by Crippen LogP contribution is -2.50. The number of carbonyl (C=O) groups excluding carboxylic acids is 1. The van der Waals surface area contributed by atoms with Crippen molar-refractivity contribution >= 4 is 16.9 Å². The molecule has 0 radical (unpaired) electrons. The molecule has 88 valence electrons. The zero-order chi connectivity index (χ0) is 11.7. The smallest absolute Gasteiger partial charge is 0.225 e. The van der Waals surface area contributed by atoms with Crippen molar-refractivity contribution in [2.75, 3.05) is 13.1 Å². The van der Waals surface area contributed by atoms with Crippen molar-refractivity contribution in [3.8, 4) is 0 Å². The Kier molecular flexibility index (Phi) is 2.53. The summed E-state index contributed by atoms with van der Waals surface area (Å²) in [5.74, 6) is 0.277. The predicted octanol–water partition coefficient (Wildman–Crippen LogP) is 0.398. The third-order valence-corrected chi connectivity index (χ3v) is 3.10. The molecule has 1 saturated heterocycles. The molecule has 5 heteroatoms. The van der Waals surface area contributed by atoms with Crippen LogP contribution in [0.15, 0.2) is 24.5 Å². The summed E-state index contributed by atoms with van der Waals surface area (Å²) in [6.07, 6.45) is 1.67. The van der Waals surface area contributed by atoms with E-state index in [1.165, 1.54) is 0 Å². The minimum absolute atomic E-state index is 0.133. The van der Waals surface area contributed by atoms with E-state index in [-0.39, 0.29) is 11.8 Å². The number of hydrogen-bond acceptors (Lipinski definition) is 3. The van der Waals surface area contributed by atoms with E-state index in [1.807, 2.05) is 18.2 Å². The number of amides is 1. The summed E-state index contributed by atoms with van der Waals surface area (Å²) in [7, 11) is 0. The molecule has 0 aliphatic carbocycles. The van der Waals surface area contributed by atoms with Crippen molar-refractivity contribution in [1.82, 2.24) is 20.6 Å². The molecular weight excluding hydrogens is 216 g/mol. The highest BCUT2D eigenvalue weighted by molar-refractivity contribution is 5.80. The SMILES string of the molecule is O=C(NCc1ccc2nc[nH]c2c1)C1CNC1. The largest absolute Gasteiger partial charge is 0.352 e. The maximum absolute atomic E-state index is 11.6. The number of nitrogens with one attached hydrogen (secondary N) is 3. The van der Waals surface area contributed by atoms with Crippen LogP contribution in [0.2, 0.25) is 0 Å². The fourth-order valence-electron chi connectivity index (χ4n) is 1.90. The minimum atomic E-state index is 0.133. The molecule has 2 heterocycles. The fourth-order valence-corrected chi connectivity index (χ4v) is 1.90. The van der Waals surface area contributed by atoms with Crippen molar-refractivity contribution in [2.45, 2.75) is 6.54 Å². The number of hydrogen-bond donors (Lipinski definition) is 3. The van der Waals surface area contributed by atoms with Gasteiger partial charge in [-0.15, -0.1) is 0 Å². The van der Waals surface area contributed by atoms with Gasteiger partial charge in [-0.1, -0.05) is 6.07 Å². The van der Waals surface area contributed by atoms with Crippen molar-refractivity contribution in [2.24, 2.45) is 5.92 Å². The topological polar surface area (TPSA) is 69.8 Å². The lowest BCUT2D eigenvalue weighted by atomic mass is 10.0. The van der Waals surface area contributed by atoms with Crippen molar-refractivity contribution in [3.63, 3.8) is 0 Å². The van der Waals surface area contributed by atoms with Crippen LogP contribution in [0.25, 0.3) is 11.0 Å². The van der Waals surface area contributed by atoms with Crippen molar-refractivity contribution in [1.29, 1.82) is 0 Å². The van der Waals surface area contributed by atoms with Crippen LogP contribution in [-0.4, -0.2) is 29.0 Å². The summed E-state index contributed by atoms with van der Waals surface area (Å²) in [5, 5.41) is 6.03. The standard InChI is InChI=1S/C12H14N4O/c17-12(9-5-13-6-9)14-4-8-1-2-10-11(3-8)16-7-15-10/h1-3,7,9,13H,4-6H2,(H,14,17)(H,15,16). The van der Waals surface area contributed by atoms with Gasteiger partial charge in [0.25, 0.3) is 0 Å². The van der Waals surface area contributed by atoms with Crippen molar-refractivity contribution < 1.29 is 4.79 Å². The van der Waals surface area contributed by atoms with Gasteiger partial charge in [0.2, 0.25) is 5.91 Å². The van der Waals surface area contributed by atoms with E-state index in [4.69, 9.17) is 0 Å². The lowest BCUT2D eigenvalue weighted by molar-refractivity contribution is -0.126. The van der Waals surface area contributed by atoms with E-state index in [9.17, 15) is 4.79 Å². The summed E-state index contributed by atoms with van der Waals surface area (Å²) in [4.78, 5) is 18.9. The monoisotopic (exact) mass is 230 g/mol. The molecule has 17 heavy (non-hydrogen) atoms. The Morgan fingerprint density at radius 3 is 3.12 bits per heavy atom. The second-order valence-corrected chi connectivity index (χ2v) is 4.33. The first kappa shape index (κ1) is 10.3. The van der Waals surface area contributed by atoms with Gasteiger partial charge in [0.1, 0.15) is 0 Å². The Balaban J connectivity index is 1.65. The number of fused-ring (bicyclic) bond motifs is 1. The van der Waals surface area contributed by atoms with Gasteiger partial charge in [-0.05, 0) is 17.7 Å². The van der Waals surface area contributed by atoms with Crippen molar-refractivity contribution in [3.05, 3.63) is 30.1 Å². The van der Waals surface area contributed by atoms with Crippen LogP contribution >= 0.6 is 0 Å². The molecule has 1 aromatic heterocycles. The van der Waals surface area contributed by atoms with Crippen LogP contribution in [0.1, 0.15) is 5.56 Å². The number of benzene rings is 1. The van der Waals surface area contributed by atoms with Crippen LogP contribution in [0, 0.1) is 5.92 Å². The fraction of sp³-hybridized carbons (Fsp3) is 0.333. The summed E-state index contributed by atoms with van der Waals surface area (Å²) >= 11 is 0. The molecule has 1 amide bonds. The van der Waals surface area contributed by atoms with Crippen LogP contribution in [0.3, 0.4) is 0 Å². The third kappa shape index (κ3) is 2.01. The van der Waals surface area contributed by atoms with Gasteiger partial charge in [-0.3, -0.25) is 4.79 Å². The molecule has 1 fully saturated rings. The van der Waals surface area contributed by atoms with Gasteiger partial charge < -0.3 is 15.6 Å². The van der Waals surface area contributed by atoms with E-state index in [2.05, 4.69) is 20.6 Å². The van der Waals surface area contributed by atoms with Gasteiger partial charge in [-0.2, -0.15) is 0 Å². The van der Waals surface area contributed by atoms with Gasteiger partial charge in [-0.25, -0.2) is 4.98 Å². The Labute approximate surface area is 98.6 Å². The number of rotatable bonds is 3. The average Bonchev–Trinajstić information content (AvgIpc) is 2.71. The van der Waals surface area contributed by atoms with Gasteiger partial charge in [0.05, 0.1) is 23.3 Å². The van der Waals surface area contributed by atoms with E-state index in [0.29, 0.717) is 6.54 Å². The van der Waals surface area contributed by atoms with Gasteiger partial charge in [0, 0.05) is 19.6 Å². The molecule has 1 aromatic carbocycles. The number of nitrogens with zero attached hydrogens (tertiary/aromatic N) is 1. The Hall–Kier alpha value is -1.88. The van der Waals surface area contributed by atoms with E-state index >= 15 is 0 Å². The molecule has 0 unspecified atom stereocenters. The summed E-state index contributed by atoms with van der Waals surface area (Å²) in [6, 6.07) is 5.96. The highest BCUT2D eigenvalue weighted by Crippen LogP contribution is 2.11. The summed E-state index contributed by atoms with van der Waals surface area (Å²) < 4.78 is 0. The number of H-pyrrole nitrogens is 1. The van der Waals surface area contributed by atoms with Crippen LogP contribution in [-0.2, 0) is 11.3 Å². The number of carbonyl (C=O) groups is 1. The molecule has 3 rings (SSSR count). The highest BCUT2D eigenvalue weighted by Gasteiger charge is 2.24. The number of aromatic nitrogens is 2. The Morgan fingerprint density at radius 2 is 2.35 bits per heavy atom. The quantitative estimate of drug-likeness (QED) is 0.714. The third-order valence-electron chi connectivity index (χ3n) is 3.10. The van der Waals surface area contributed by atoms with Gasteiger partial charge >= 0.3 is 0 Å². The maximum Gasteiger partial charge on any atom is 0.225 e. The van der Waals surface area contributed by atoms with Crippen LogP contribution in [0.4, 0.5) is 0 Å². The zero-order valence-corrected chi connectivity index (χ0v) is 9.36. The minimum Gasteiger partial charge on any atom is -0.352 e. The Morgan fingerprint density at radius 1 is 1.47 bits per heavy atom. The average molecular weight is 230 g/mol. The van der Waals surface area contributed by atoms with Crippen LogP contribution in [0.5, 0.6) is 0 Å². The second-order valence-electron chi connectivity index (χ2n) is 4.33. The first-order valence-corrected chi connectivity index (χ1v) is 5.73. The molecule has 0 spiro atoms. The molecule has 1 aliphatic heterocycles. The molecular formula is C12H14N4O. The van der Waals surface area contributed by atoms with Crippen LogP contribution < -0.4 is 10.6 Å². The van der Waals surface area contributed by atoms with E-state index < -0.39 is 0 Å². The first-order valence-electron chi connectivity index (χ1n) is 5.73. The molecule has 0 saturated carbocycles. The van der Waals surface area contributed by atoms with E-state index in [1.54, 1.807) is 6.33 Å². The normalized spacial score (nSPS) is 15.8. The zero-order valence-electron chi connectivity index (χ0n) is 9.36.